The summed E-state index contributed by atoms with van der Waals surface area (Å²) < 4.78 is 1.23. The SMILES string of the molecule is CCC(C)(C)c1ccc(Br)s1. The average molecular weight is 233 g/mol. The first-order chi connectivity index (χ1) is 5.06. The zero-order valence-corrected chi connectivity index (χ0v) is 9.55. The van der Waals surface area contributed by atoms with Crippen LogP contribution in [0.5, 0.6) is 0 Å². The molecule has 2 heteroatoms. The van der Waals surface area contributed by atoms with Crippen molar-refractivity contribution in [3.05, 3.63) is 20.8 Å². The second-order valence-corrected chi connectivity index (χ2v) is 5.80. The van der Waals surface area contributed by atoms with Gasteiger partial charge in [-0.1, -0.05) is 20.8 Å². The molecule has 1 aromatic heterocycles. The highest BCUT2D eigenvalue weighted by Gasteiger charge is 2.19. The Bertz CT molecular complexity index is 237. The van der Waals surface area contributed by atoms with Crippen molar-refractivity contribution in [1.29, 1.82) is 0 Å². The minimum absolute atomic E-state index is 0.344. The molecule has 0 spiro atoms. The van der Waals surface area contributed by atoms with Crippen LogP contribution in [0.15, 0.2) is 15.9 Å². The van der Waals surface area contributed by atoms with Crippen LogP contribution >= 0.6 is 27.3 Å². The minimum atomic E-state index is 0.344. The molecule has 1 heterocycles. The fourth-order valence-corrected chi connectivity index (χ4v) is 2.41. The molecular weight excluding hydrogens is 220 g/mol. The number of hydrogen-bond acceptors (Lipinski definition) is 1. The van der Waals surface area contributed by atoms with E-state index in [1.165, 1.54) is 15.1 Å². The maximum Gasteiger partial charge on any atom is 0.0701 e. The van der Waals surface area contributed by atoms with Crippen molar-refractivity contribution in [2.75, 3.05) is 0 Å². The van der Waals surface area contributed by atoms with Crippen LogP contribution in [0.4, 0.5) is 0 Å². The summed E-state index contributed by atoms with van der Waals surface area (Å²) in [5.41, 5.74) is 0.344. The van der Waals surface area contributed by atoms with Gasteiger partial charge in [0.15, 0.2) is 0 Å². The zero-order valence-electron chi connectivity index (χ0n) is 7.15. The molecule has 1 rings (SSSR count). The summed E-state index contributed by atoms with van der Waals surface area (Å²) in [6, 6.07) is 4.33. The van der Waals surface area contributed by atoms with Crippen molar-refractivity contribution < 1.29 is 0 Å². The molecule has 0 aliphatic carbocycles. The maximum absolute atomic E-state index is 3.47. The third-order valence-corrected chi connectivity index (χ3v) is 4.11. The van der Waals surface area contributed by atoms with Crippen LogP contribution in [0.2, 0.25) is 0 Å². The lowest BCUT2D eigenvalue weighted by atomic mass is 9.89. The standard InChI is InChI=1S/C9H13BrS/c1-4-9(2,3)7-5-6-8(10)11-7/h5-6H,4H2,1-3H3. The third kappa shape index (κ3) is 2.06. The monoisotopic (exact) mass is 232 g/mol. The van der Waals surface area contributed by atoms with Gasteiger partial charge in [-0.25, -0.2) is 0 Å². The van der Waals surface area contributed by atoms with Crippen LogP contribution in [0, 0.1) is 0 Å². The second kappa shape index (κ2) is 3.28. The molecule has 0 bridgehead atoms. The van der Waals surface area contributed by atoms with E-state index in [-0.39, 0.29) is 0 Å². The van der Waals surface area contributed by atoms with E-state index in [1.54, 1.807) is 0 Å². The second-order valence-electron chi connectivity index (χ2n) is 3.34. The minimum Gasteiger partial charge on any atom is -0.133 e. The van der Waals surface area contributed by atoms with E-state index in [9.17, 15) is 0 Å². The largest absolute Gasteiger partial charge is 0.133 e. The van der Waals surface area contributed by atoms with Crippen LogP contribution in [-0.2, 0) is 5.41 Å². The highest BCUT2D eigenvalue weighted by Crippen LogP contribution is 2.34. The molecule has 62 valence electrons. The Morgan fingerprint density at radius 1 is 1.45 bits per heavy atom. The predicted molar refractivity (Wildman–Crippen MR) is 55.3 cm³/mol. The van der Waals surface area contributed by atoms with E-state index >= 15 is 0 Å². The summed E-state index contributed by atoms with van der Waals surface area (Å²) in [5, 5.41) is 0. The molecule has 0 aliphatic rings. The topological polar surface area (TPSA) is 0 Å². The van der Waals surface area contributed by atoms with Gasteiger partial charge < -0.3 is 0 Å². The first-order valence-electron chi connectivity index (χ1n) is 3.82. The van der Waals surface area contributed by atoms with Crippen molar-refractivity contribution in [3.8, 4) is 0 Å². The van der Waals surface area contributed by atoms with Crippen molar-refractivity contribution in [1.82, 2.24) is 0 Å². The molecule has 0 aromatic carbocycles. The number of rotatable bonds is 2. The highest BCUT2D eigenvalue weighted by atomic mass is 79.9. The predicted octanol–water partition coefficient (Wildman–Crippen LogP) is 4.20. The third-order valence-electron chi connectivity index (χ3n) is 2.12. The Morgan fingerprint density at radius 2 is 2.09 bits per heavy atom. The van der Waals surface area contributed by atoms with Crippen molar-refractivity contribution in [2.24, 2.45) is 0 Å². The van der Waals surface area contributed by atoms with Gasteiger partial charge in [0.05, 0.1) is 3.79 Å². The molecule has 0 radical (unpaired) electrons. The fraction of sp³-hybridized carbons (Fsp3) is 0.556. The van der Waals surface area contributed by atoms with E-state index in [2.05, 4.69) is 48.8 Å². The first kappa shape index (κ1) is 9.27. The van der Waals surface area contributed by atoms with Gasteiger partial charge in [-0.15, -0.1) is 11.3 Å². The molecule has 0 aliphatic heterocycles. The highest BCUT2D eigenvalue weighted by molar-refractivity contribution is 9.11. The van der Waals surface area contributed by atoms with Crippen LogP contribution < -0.4 is 0 Å². The fourth-order valence-electron chi connectivity index (χ4n) is 0.852. The summed E-state index contributed by atoms with van der Waals surface area (Å²) in [7, 11) is 0. The Hall–Kier alpha value is 0.180. The van der Waals surface area contributed by atoms with Gasteiger partial charge >= 0.3 is 0 Å². The van der Waals surface area contributed by atoms with Gasteiger partial charge in [-0.3, -0.25) is 0 Å². The van der Waals surface area contributed by atoms with Crippen molar-refractivity contribution >= 4 is 27.3 Å². The van der Waals surface area contributed by atoms with Crippen molar-refractivity contribution in [3.63, 3.8) is 0 Å². The molecular formula is C9H13BrS. The quantitative estimate of drug-likeness (QED) is 0.718. The summed E-state index contributed by atoms with van der Waals surface area (Å²) >= 11 is 5.31. The summed E-state index contributed by atoms with van der Waals surface area (Å²) in [6.07, 6.45) is 1.19. The molecule has 0 saturated heterocycles. The zero-order chi connectivity index (χ0) is 8.48. The normalized spacial score (nSPS) is 12.0. The Balaban J connectivity index is 2.92. The molecule has 11 heavy (non-hydrogen) atoms. The molecule has 0 fully saturated rings. The Kier molecular flexibility index (Phi) is 2.76. The Morgan fingerprint density at radius 3 is 2.45 bits per heavy atom. The van der Waals surface area contributed by atoms with Gasteiger partial charge in [0.1, 0.15) is 0 Å². The molecule has 0 N–H and O–H groups in total. The van der Waals surface area contributed by atoms with Crippen molar-refractivity contribution in [2.45, 2.75) is 32.6 Å². The molecule has 0 amide bonds. The smallest absolute Gasteiger partial charge is 0.0701 e. The molecule has 0 nitrogen and oxygen atoms in total. The van der Waals surface area contributed by atoms with Gasteiger partial charge in [-0.2, -0.15) is 0 Å². The van der Waals surface area contributed by atoms with Crippen LogP contribution in [-0.4, -0.2) is 0 Å². The average Bonchev–Trinajstić information content (AvgIpc) is 2.36. The summed E-state index contributed by atoms with van der Waals surface area (Å²) in [5.74, 6) is 0. The van der Waals surface area contributed by atoms with Crippen LogP contribution in [0.25, 0.3) is 0 Å². The number of thiophene rings is 1. The lowest BCUT2D eigenvalue weighted by Gasteiger charge is -2.20. The summed E-state index contributed by atoms with van der Waals surface area (Å²) in [6.45, 7) is 6.80. The molecule has 0 unspecified atom stereocenters. The van der Waals surface area contributed by atoms with E-state index in [1.807, 2.05) is 11.3 Å². The maximum atomic E-state index is 3.47. The lowest BCUT2D eigenvalue weighted by Crippen LogP contribution is -2.12. The van der Waals surface area contributed by atoms with Crippen LogP contribution in [0.3, 0.4) is 0 Å². The van der Waals surface area contributed by atoms with Gasteiger partial charge in [0, 0.05) is 4.88 Å². The number of hydrogen-bond donors (Lipinski definition) is 0. The number of halogens is 1. The van der Waals surface area contributed by atoms with Gasteiger partial charge in [0.25, 0.3) is 0 Å². The Labute approximate surface area is 80.8 Å². The van der Waals surface area contributed by atoms with E-state index in [4.69, 9.17) is 0 Å². The van der Waals surface area contributed by atoms with Crippen LogP contribution in [0.1, 0.15) is 32.1 Å². The molecule has 1 aromatic rings. The van der Waals surface area contributed by atoms with E-state index < -0.39 is 0 Å². The lowest BCUT2D eigenvalue weighted by molar-refractivity contribution is 0.517. The van der Waals surface area contributed by atoms with Gasteiger partial charge in [-0.05, 0) is 39.9 Å². The molecule has 0 atom stereocenters. The van der Waals surface area contributed by atoms with E-state index in [0.717, 1.165) is 0 Å². The summed E-state index contributed by atoms with van der Waals surface area (Å²) in [4.78, 5) is 1.46. The van der Waals surface area contributed by atoms with Gasteiger partial charge in [0.2, 0.25) is 0 Å². The van der Waals surface area contributed by atoms with E-state index in [0.29, 0.717) is 5.41 Å². The molecule has 0 saturated carbocycles. The first-order valence-corrected chi connectivity index (χ1v) is 5.43.